The van der Waals surface area contributed by atoms with Crippen molar-refractivity contribution in [1.29, 1.82) is 0 Å². The van der Waals surface area contributed by atoms with Crippen molar-refractivity contribution in [2.45, 2.75) is 12.5 Å². The van der Waals surface area contributed by atoms with Gasteiger partial charge in [-0.15, -0.1) is 0 Å². The van der Waals surface area contributed by atoms with E-state index in [0.717, 1.165) is 6.42 Å². The summed E-state index contributed by atoms with van der Waals surface area (Å²) < 4.78 is 11.1. The average molecular weight is 286 g/mol. The third kappa shape index (κ3) is 2.36. The second kappa shape index (κ2) is 4.84. The lowest BCUT2D eigenvalue weighted by molar-refractivity contribution is 0.0272. The molecule has 1 unspecified atom stereocenters. The molecule has 1 fully saturated rings. The van der Waals surface area contributed by atoms with Crippen molar-refractivity contribution in [2.24, 2.45) is 0 Å². The Hall–Kier alpha value is -1.07. The van der Waals surface area contributed by atoms with Gasteiger partial charge in [-0.1, -0.05) is 6.07 Å². The molecule has 0 radical (unpaired) electrons. The van der Waals surface area contributed by atoms with E-state index in [0.29, 0.717) is 28.9 Å². The van der Waals surface area contributed by atoms with Crippen LogP contribution < -0.4 is 5.73 Å². The molecule has 1 atom stereocenters. The zero-order chi connectivity index (χ0) is 11.5. The molecule has 0 bridgehead atoms. The summed E-state index contributed by atoms with van der Waals surface area (Å²) in [7, 11) is 0. The van der Waals surface area contributed by atoms with Gasteiger partial charge in [0, 0.05) is 10.9 Å². The van der Waals surface area contributed by atoms with Crippen LogP contribution in [0.4, 0.5) is 5.69 Å². The van der Waals surface area contributed by atoms with Gasteiger partial charge in [0.2, 0.25) is 0 Å². The molecule has 16 heavy (non-hydrogen) atoms. The Kier molecular flexibility index (Phi) is 3.46. The lowest BCUT2D eigenvalue weighted by atomic mass is 10.2. The molecular weight excluding hydrogens is 274 g/mol. The molecule has 2 N–H and O–H groups in total. The molecular formula is C11H12BrNO3. The van der Waals surface area contributed by atoms with Gasteiger partial charge in [0.05, 0.1) is 24.5 Å². The molecule has 0 spiro atoms. The number of carbonyl (C=O) groups excluding carboxylic acids is 1. The Balaban J connectivity index is 2.11. The van der Waals surface area contributed by atoms with E-state index >= 15 is 0 Å². The molecule has 2 rings (SSSR count). The minimum absolute atomic E-state index is 0.147. The molecule has 5 heteroatoms. The predicted molar refractivity (Wildman–Crippen MR) is 63.2 cm³/mol. The van der Waals surface area contributed by atoms with E-state index in [1.807, 2.05) is 0 Å². The van der Waals surface area contributed by atoms with Crippen molar-refractivity contribution >= 4 is 27.6 Å². The van der Waals surface area contributed by atoms with Gasteiger partial charge in [0.15, 0.2) is 0 Å². The Morgan fingerprint density at radius 1 is 1.56 bits per heavy atom. The average Bonchev–Trinajstić information content (AvgIpc) is 2.74. The highest BCUT2D eigenvalue weighted by molar-refractivity contribution is 9.10. The summed E-state index contributed by atoms with van der Waals surface area (Å²) in [4.78, 5) is 11.8. The van der Waals surface area contributed by atoms with Crippen LogP contribution in [0.1, 0.15) is 16.8 Å². The van der Waals surface area contributed by atoms with E-state index < -0.39 is 5.97 Å². The van der Waals surface area contributed by atoms with Crippen LogP contribution in [-0.2, 0) is 9.47 Å². The first-order valence-corrected chi connectivity index (χ1v) is 5.80. The van der Waals surface area contributed by atoms with Crippen LogP contribution in [0.25, 0.3) is 0 Å². The monoisotopic (exact) mass is 285 g/mol. The lowest BCUT2D eigenvalue weighted by Crippen LogP contribution is -2.19. The SMILES string of the molecule is Nc1c(Br)cccc1C(=O)OC1CCOC1. The minimum atomic E-state index is -0.394. The van der Waals surface area contributed by atoms with Crippen LogP contribution in [0.15, 0.2) is 22.7 Å². The summed E-state index contributed by atoms with van der Waals surface area (Å²) in [5, 5.41) is 0. The van der Waals surface area contributed by atoms with Gasteiger partial charge in [-0.3, -0.25) is 0 Å². The zero-order valence-corrected chi connectivity index (χ0v) is 10.2. The topological polar surface area (TPSA) is 61.6 Å². The number of nitrogen functional groups attached to an aromatic ring is 1. The fourth-order valence-corrected chi connectivity index (χ4v) is 1.90. The standard InChI is InChI=1S/C11H12BrNO3/c12-9-3-1-2-8(10(9)13)11(14)16-7-4-5-15-6-7/h1-3,7H,4-6,13H2. The van der Waals surface area contributed by atoms with Crippen LogP contribution in [0.2, 0.25) is 0 Å². The quantitative estimate of drug-likeness (QED) is 0.667. The molecule has 86 valence electrons. The minimum Gasteiger partial charge on any atom is -0.456 e. The van der Waals surface area contributed by atoms with Crippen molar-refractivity contribution in [1.82, 2.24) is 0 Å². The highest BCUT2D eigenvalue weighted by Crippen LogP contribution is 2.24. The fraction of sp³-hybridized carbons (Fsp3) is 0.364. The van der Waals surface area contributed by atoms with Crippen LogP contribution in [0.5, 0.6) is 0 Å². The number of hydrogen-bond acceptors (Lipinski definition) is 4. The predicted octanol–water partition coefficient (Wildman–Crippen LogP) is 1.98. The Bertz CT molecular complexity index is 402. The zero-order valence-electron chi connectivity index (χ0n) is 8.61. The Morgan fingerprint density at radius 2 is 2.38 bits per heavy atom. The summed E-state index contributed by atoms with van der Waals surface area (Å²) in [6, 6.07) is 5.19. The van der Waals surface area contributed by atoms with E-state index in [2.05, 4.69) is 15.9 Å². The largest absolute Gasteiger partial charge is 0.456 e. The fourth-order valence-electron chi connectivity index (χ4n) is 1.54. The van der Waals surface area contributed by atoms with Gasteiger partial charge >= 0.3 is 5.97 Å². The summed E-state index contributed by atoms with van der Waals surface area (Å²) >= 11 is 3.27. The number of hydrogen-bond donors (Lipinski definition) is 1. The van der Waals surface area contributed by atoms with Crippen molar-refractivity contribution < 1.29 is 14.3 Å². The number of nitrogens with two attached hydrogens (primary N) is 1. The molecule has 1 saturated heterocycles. The number of benzene rings is 1. The van der Waals surface area contributed by atoms with E-state index in [9.17, 15) is 4.79 Å². The van der Waals surface area contributed by atoms with Gasteiger partial charge < -0.3 is 15.2 Å². The number of carbonyl (C=O) groups is 1. The number of rotatable bonds is 2. The van der Waals surface area contributed by atoms with Gasteiger partial charge in [-0.2, -0.15) is 0 Å². The number of ether oxygens (including phenoxy) is 2. The maximum absolute atomic E-state index is 11.8. The van der Waals surface area contributed by atoms with E-state index in [1.165, 1.54) is 0 Å². The number of esters is 1. The van der Waals surface area contributed by atoms with Crippen LogP contribution in [0.3, 0.4) is 0 Å². The summed E-state index contributed by atoms with van der Waals surface area (Å²) in [5.74, 6) is -0.394. The van der Waals surface area contributed by atoms with Crippen molar-refractivity contribution in [3.05, 3.63) is 28.2 Å². The second-order valence-electron chi connectivity index (χ2n) is 3.59. The summed E-state index contributed by atoms with van der Waals surface area (Å²) in [6.07, 6.45) is 0.602. The van der Waals surface area contributed by atoms with E-state index in [4.69, 9.17) is 15.2 Å². The number of anilines is 1. The van der Waals surface area contributed by atoms with Crippen LogP contribution in [-0.4, -0.2) is 25.3 Å². The third-order valence-corrected chi connectivity index (χ3v) is 3.13. The van der Waals surface area contributed by atoms with Gasteiger partial charge in [0.1, 0.15) is 6.10 Å². The molecule has 1 aliphatic rings. The van der Waals surface area contributed by atoms with Crippen molar-refractivity contribution in [2.75, 3.05) is 18.9 Å². The highest BCUT2D eigenvalue weighted by atomic mass is 79.9. The van der Waals surface area contributed by atoms with Gasteiger partial charge in [0.25, 0.3) is 0 Å². The van der Waals surface area contributed by atoms with E-state index in [1.54, 1.807) is 18.2 Å². The van der Waals surface area contributed by atoms with E-state index in [-0.39, 0.29) is 6.10 Å². The molecule has 0 saturated carbocycles. The highest BCUT2D eigenvalue weighted by Gasteiger charge is 2.22. The smallest absolute Gasteiger partial charge is 0.340 e. The first-order chi connectivity index (χ1) is 7.68. The Labute approximate surface area is 102 Å². The first kappa shape index (κ1) is 11.4. The molecule has 0 aromatic heterocycles. The molecule has 0 amide bonds. The lowest BCUT2D eigenvalue weighted by Gasteiger charge is -2.11. The van der Waals surface area contributed by atoms with Crippen molar-refractivity contribution in [3.63, 3.8) is 0 Å². The molecule has 1 aliphatic heterocycles. The van der Waals surface area contributed by atoms with Crippen LogP contribution in [0, 0.1) is 0 Å². The van der Waals surface area contributed by atoms with Gasteiger partial charge in [-0.25, -0.2) is 4.79 Å². The summed E-state index contributed by atoms with van der Waals surface area (Å²) in [6.45, 7) is 1.12. The van der Waals surface area contributed by atoms with Gasteiger partial charge in [-0.05, 0) is 28.1 Å². The summed E-state index contributed by atoms with van der Waals surface area (Å²) in [5.41, 5.74) is 6.58. The molecule has 1 heterocycles. The second-order valence-corrected chi connectivity index (χ2v) is 4.45. The maximum atomic E-state index is 11.8. The Morgan fingerprint density at radius 3 is 3.06 bits per heavy atom. The van der Waals surface area contributed by atoms with Crippen LogP contribution >= 0.6 is 15.9 Å². The maximum Gasteiger partial charge on any atom is 0.340 e. The molecule has 4 nitrogen and oxygen atoms in total. The number of halogens is 1. The first-order valence-electron chi connectivity index (χ1n) is 5.01. The molecule has 0 aliphatic carbocycles. The number of para-hydroxylation sites is 1. The normalized spacial score (nSPS) is 19.7. The molecule has 1 aromatic carbocycles. The molecule has 1 aromatic rings. The van der Waals surface area contributed by atoms with Crippen molar-refractivity contribution in [3.8, 4) is 0 Å². The third-order valence-electron chi connectivity index (χ3n) is 2.43.